The first-order valence-corrected chi connectivity index (χ1v) is 7.39. The Bertz CT molecular complexity index is 631. The third-order valence-electron chi connectivity index (χ3n) is 3.88. The topological polar surface area (TPSA) is 59.5 Å². The van der Waals surface area contributed by atoms with Crippen LogP contribution in [0.15, 0.2) is 28.7 Å². The Morgan fingerprint density at radius 1 is 1.33 bits per heavy atom. The zero-order valence-electron chi connectivity index (χ0n) is 13.2. The van der Waals surface area contributed by atoms with Crippen LogP contribution in [0.2, 0.25) is 0 Å². The lowest BCUT2D eigenvalue weighted by molar-refractivity contribution is 0.0760. The van der Waals surface area contributed by atoms with E-state index in [4.69, 9.17) is 10.2 Å². The quantitative estimate of drug-likeness (QED) is 0.919. The van der Waals surface area contributed by atoms with Crippen molar-refractivity contribution in [1.82, 2.24) is 4.90 Å². The maximum atomic E-state index is 12.4. The van der Waals surface area contributed by atoms with Crippen LogP contribution in [0.4, 0.5) is 0 Å². The van der Waals surface area contributed by atoms with Crippen LogP contribution in [0.25, 0.3) is 11.0 Å². The molecule has 4 nitrogen and oxygen atoms in total. The maximum Gasteiger partial charge on any atom is 0.289 e. The Labute approximate surface area is 125 Å². The van der Waals surface area contributed by atoms with Gasteiger partial charge in [0.05, 0.1) is 0 Å². The van der Waals surface area contributed by atoms with Gasteiger partial charge in [0.25, 0.3) is 5.91 Å². The van der Waals surface area contributed by atoms with Crippen molar-refractivity contribution < 1.29 is 9.21 Å². The summed E-state index contributed by atoms with van der Waals surface area (Å²) >= 11 is 0. The van der Waals surface area contributed by atoms with Crippen LogP contribution in [-0.4, -0.2) is 30.4 Å². The van der Waals surface area contributed by atoms with E-state index in [0.717, 1.165) is 23.0 Å². The van der Waals surface area contributed by atoms with Crippen LogP contribution in [-0.2, 0) is 0 Å². The number of benzene rings is 1. The van der Waals surface area contributed by atoms with Gasteiger partial charge in [0.2, 0.25) is 0 Å². The highest BCUT2D eigenvalue weighted by molar-refractivity contribution is 5.96. The minimum Gasteiger partial charge on any atom is -0.451 e. The summed E-state index contributed by atoms with van der Waals surface area (Å²) in [6.07, 6.45) is 0.791. The molecule has 21 heavy (non-hydrogen) atoms. The Balaban J connectivity index is 2.07. The lowest BCUT2D eigenvalue weighted by atomic mass is 10.0. The Morgan fingerprint density at radius 2 is 2.05 bits per heavy atom. The maximum absolute atomic E-state index is 12.4. The highest BCUT2D eigenvalue weighted by Gasteiger charge is 2.18. The number of nitrogens with two attached hydrogens (primary N) is 1. The van der Waals surface area contributed by atoms with E-state index in [-0.39, 0.29) is 11.9 Å². The van der Waals surface area contributed by atoms with E-state index in [1.165, 1.54) is 0 Å². The third kappa shape index (κ3) is 3.64. The molecule has 2 aromatic rings. The first kappa shape index (κ1) is 15.6. The molecule has 2 N–H and O–H groups in total. The van der Waals surface area contributed by atoms with E-state index in [1.807, 2.05) is 31.2 Å². The normalized spacial score (nSPS) is 12.9. The van der Waals surface area contributed by atoms with Crippen molar-refractivity contribution in [3.63, 3.8) is 0 Å². The first-order chi connectivity index (χ1) is 9.88. The summed E-state index contributed by atoms with van der Waals surface area (Å²) in [5, 5.41) is 0.964. The summed E-state index contributed by atoms with van der Waals surface area (Å²) in [7, 11) is 1.79. The number of amides is 1. The number of furan rings is 1. The monoisotopic (exact) mass is 288 g/mol. The molecule has 1 amide bonds. The predicted octanol–water partition coefficient (Wildman–Crippen LogP) is 3.19. The number of aryl methyl sites for hydroxylation is 1. The molecule has 1 aromatic heterocycles. The molecule has 0 aliphatic carbocycles. The zero-order chi connectivity index (χ0) is 15.6. The Hall–Kier alpha value is -1.81. The summed E-state index contributed by atoms with van der Waals surface area (Å²) in [5.41, 5.74) is 7.92. The van der Waals surface area contributed by atoms with Crippen molar-refractivity contribution in [2.24, 2.45) is 11.7 Å². The molecule has 0 saturated carbocycles. The van der Waals surface area contributed by atoms with Gasteiger partial charge in [0, 0.05) is 25.0 Å². The highest BCUT2D eigenvalue weighted by atomic mass is 16.3. The van der Waals surface area contributed by atoms with E-state index in [0.29, 0.717) is 18.2 Å². The average Bonchev–Trinajstić information content (AvgIpc) is 2.86. The SMILES string of the molecule is Cc1ccc2oc(C(=O)N(C)CCC(N)C(C)C)cc2c1. The van der Waals surface area contributed by atoms with Gasteiger partial charge in [-0.3, -0.25) is 4.79 Å². The van der Waals surface area contributed by atoms with Crippen molar-refractivity contribution in [3.05, 3.63) is 35.6 Å². The molecular formula is C17H24N2O2. The molecular weight excluding hydrogens is 264 g/mol. The van der Waals surface area contributed by atoms with Crippen LogP contribution < -0.4 is 5.73 Å². The molecule has 0 aliphatic rings. The standard InChI is InChI=1S/C17H24N2O2/c1-11(2)14(18)7-8-19(4)17(20)16-10-13-9-12(3)5-6-15(13)21-16/h5-6,9-11,14H,7-8,18H2,1-4H3. The molecule has 0 bridgehead atoms. The predicted molar refractivity (Wildman–Crippen MR) is 85.3 cm³/mol. The van der Waals surface area contributed by atoms with Gasteiger partial charge in [-0.25, -0.2) is 0 Å². The number of rotatable bonds is 5. The fourth-order valence-electron chi connectivity index (χ4n) is 2.23. The fraction of sp³-hybridized carbons (Fsp3) is 0.471. The van der Waals surface area contributed by atoms with Crippen LogP contribution in [0, 0.1) is 12.8 Å². The Kier molecular flexibility index (Phi) is 4.68. The van der Waals surface area contributed by atoms with Gasteiger partial charge in [0.15, 0.2) is 5.76 Å². The van der Waals surface area contributed by atoms with Gasteiger partial charge >= 0.3 is 0 Å². The number of nitrogens with zero attached hydrogens (tertiary/aromatic N) is 1. The van der Waals surface area contributed by atoms with E-state index in [2.05, 4.69) is 13.8 Å². The molecule has 4 heteroatoms. The van der Waals surface area contributed by atoms with E-state index in [1.54, 1.807) is 11.9 Å². The second kappa shape index (κ2) is 6.31. The van der Waals surface area contributed by atoms with Crippen LogP contribution in [0.1, 0.15) is 36.4 Å². The largest absolute Gasteiger partial charge is 0.451 e. The van der Waals surface area contributed by atoms with Gasteiger partial charge in [-0.05, 0) is 37.5 Å². The highest BCUT2D eigenvalue weighted by Crippen LogP contribution is 2.21. The van der Waals surface area contributed by atoms with Crippen molar-refractivity contribution in [3.8, 4) is 0 Å². The average molecular weight is 288 g/mol. The second-order valence-corrected chi connectivity index (χ2v) is 6.08. The fourth-order valence-corrected chi connectivity index (χ4v) is 2.23. The molecule has 1 unspecified atom stereocenters. The molecule has 0 saturated heterocycles. The second-order valence-electron chi connectivity index (χ2n) is 6.08. The number of hydrogen-bond donors (Lipinski definition) is 1. The smallest absolute Gasteiger partial charge is 0.289 e. The van der Waals surface area contributed by atoms with Gasteiger partial charge in [-0.1, -0.05) is 25.5 Å². The summed E-state index contributed by atoms with van der Waals surface area (Å²) < 4.78 is 5.64. The summed E-state index contributed by atoms with van der Waals surface area (Å²) in [6.45, 7) is 6.84. The Morgan fingerprint density at radius 3 is 2.71 bits per heavy atom. The van der Waals surface area contributed by atoms with E-state index >= 15 is 0 Å². The number of carbonyl (C=O) groups excluding carboxylic acids is 1. The van der Waals surface area contributed by atoms with Gasteiger partial charge < -0.3 is 15.1 Å². The first-order valence-electron chi connectivity index (χ1n) is 7.39. The lowest BCUT2D eigenvalue weighted by Gasteiger charge is -2.20. The van der Waals surface area contributed by atoms with Crippen LogP contribution >= 0.6 is 0 Å². The number of hydrogen-bond acceptors (Lipinski definition) is 3. The minimum absolute atomic E-state index is 0.0974. The molecule has 0 aliphatic heterocycles. The molecule has 1 aromatic carbocycles. The lowest BCUT2D eigenvalue weighted by Crippen LogP contribution is -2.34. The number of carbonyl (C=O) groups is 1. The van der Waals surface area contributed by atoms with Gasteiger partial charge in [-0.15, -0.1) is 0 Å². The van der Waals surface area contributed by atoms with Crippen molar-refractivity contribution in [2.45, 2.75) is 33.2 Å². The molecule has 2 rings (SSSR count). The molecule has 1 atom stereocenters. The minimum atomic E-state index is -0.0974. The molecule has 0 spiro atoms. The van der Waals surface area contributed by atoms with Crippen molar-refractivity contribution in [2.75, 3.05) is 13.6 Å². The molecule has 1 heterocycles. The van der Waals surface area contributed by atoms with Crippen LogP contribution in [0.3, 0.4) is 0 Å². The van der Waals surface area contributed by atoms with Crippen LogP contribution in [0.5, 0.6) is 0 Å². The number of fused-ring (bicyclic) bond motifs is 1. The summed E-state index contributed by atoms with van der Waals surface area (Å²) in [5.74, 6) is 0.707. The molecule has 114 valence electrons. The van der Waals surface area contributed by atoms with Crippen molar-refractivity contribution >= 4 is 16.9 Å². The van der Waals surface area contributed by atoms with E-state index in [9.17, 15) is 4.79 Å². The van der Waals surface area contributed by atoms with E-state index < -0.39 is 0 Å². The molecule has 0 radical (unpaired) electrons. The van der Waals surface area contributed by atoms with Crippen molar-refractivity contribution in [1.29, 1.82) is 0 Å². The van der Waals surface area contributed by atoms with Gasteiger partial charge in [0.1, 0.15) is 5.58 Å². The van der Waals surface area contributed by atoms with Gasteiger partial charge in [-0.2, -0.15) is 0 Å². The summed E-state index contributed by atoms with van der Waals surface area (Å²) in [6, 6.07) is 7.81. The molecule has 0 fully saturated rings. The zero-order valence-corrected chi connectivity index (χ0v) is 13.2. The summed E-state index contributed by atoms with van der Waals surface area (Å²) in [4.78, 5) is 14.0. The third-order valence-corrected chi connectivity index (χ3v) is 3.88.